The van der Waals surface area contributed by atoms with Crippen molar-refractivity contribution >= 4 is 11.8 Å². The number of benzene rings is 1. The van der Waals surface area contributed by atoms with E-state index in [1.54, 1.807) is 36.7 Å². The average Bonchev–Trinajstić information content (AvgIpc) is 3.15. The molecule has 28 heavy (non-hydrogen) atoms. The van der Waals surface area contributed by atoms with Crippen molar-refractivity contribution in [2.75, 3.05) is 0 Å². The van der Waals surface area contributed by atoms with Gasteiger partial charge in [0, 0.05) is 24.3 Å². The molecule has 0 saturated carbocycles. The molecule has 1 aromatic carbocycles. The number of hydrogen-bond donors (Lipinski definition) is 2. The number of carbonyl (C=O) groups is 2. The van der Waals surface area contributed by atoms with Crippen molar-refractivity contribution in [3.8, 4) is 5.69 Å². The Balaban J connectivity index is 1.64. The first kappa shape index (κ1) is 19.2. The molecule has 0 spiro atoms. The highest BCUT2D eigenvalue weighted by Gasteiger charge is 2.13. The summed E-state index contributed by atoms with van der Waals surface area (Å²) in [5.74, 6) is -1.09. The van der Waals surface area contributed by atoms with Crippen LogP contribution >= 0.6 is 0 Å². The third kappa shape index (κ3) is 4.79. The molecule has 0 unspecified atom stereocenters. The van der Waals surface area contributed by atoms with Crippen LogP contribution in [0.4, 0.5) is 4.39 Å². The second-order valence-electron chi connectivity index (χ2n) is 6.49. The van der Waals surface area contributed by atoms with Gasteiger partial charge in [-0.25, -0.2) is 14.1 Å². The van der Waals surface area contributed by atoms with Gasteiger partial charge in [0.1, 0.15) is 17.2 Å². The third-order valence-corrected chi connectivity index (χ3v) is 3.80. The Hall–Kier alpha value is -3.55. The molecular weight excluding hydrogens is 361 g/mol. The van der Waals surface area contributed by atoms with E-state index in [0.717, 1.165) is 5.56 Å². The summed E-state index contributed by atoms with van der Waals surface area (Å²) < 4.78 is 14.9. The van der Waals surface area contributed by atoms with Gasteiger partial charge in [0.05, 0.1) is 11.9 Å². The van der Waals surface area contributed by atoms with E-state index in [-0.39, 0.29) is 35.7 Å². The lowest BCUT2D eigenvalue weighted by Gasteiger charge is -2.08. The zero-order valence-corrected chi connectivity index (χ0v) is 15.5. The summed E-state index contributed by atoms with van der Waals surface area (Å²) in [6, 6.07) is 10.7. The van der Waals surface area contributed by atoms with Crippen LogP contribution in [0.15, 0.2) is 54.9 Å². The maximum atomic E-state index is 13.3. The molecule has 2 amide bonds. The van der Waals surface area contributed by atoms with Gasteiger partial charge < -0.3 is 10.6 Å². The molecule has 3 rings (SSSR count). The number of nitrogens with zero attached hydrogens (tertiary/aromatic N) is 3. The van der Waals surface area contributed by atoms with Crippen molar-refractivity contribution in [1.82, 2.24) is 25.4 Å². The van der Waals surface area contributed by atoms with Crippen LogP contribution in [0, 0.1) is 5.82 Å². The molecular formula is C20H20FN5O2. The molecule has 0 saturated heterocycles. The summed E-state index contributed by atoms with van der Waals surface area (Å²) in [4.78, 5) is 28.5. The first-order chi connectivity index (χ1) is 13.4. The minimum absolute atomic E-state index is 0.0265. The molecule has 3 aromatic rings. The maximum absolute atomic E-state index is 13.3. The molecule has 2 aromatic heterocycles. The van der Waals surface area contributed by atoms with Crippen molar-refractivity contribution < 1.29 is 14.0 Å². The topological polar surface area (TPSA) is 88.9 Å². The molecule has 0 atom stereocenters. The Labute approximate surface area is 161 Å². The van der Waals surface area contributed by atoms with Crippen LogP contribution in [0.2, 0.25) is 0 Å². The maximum Gasteiger partial charge on any atom is 0.270 e. The lowest BCUT2D eigenvalue weighted by atomic mass is 10.2. The van der Waals surface area contributed by atoms with Crippen molar-refractivity contribution in [3.05, 3.63) is 77.6 Å². The molecule has 0 aliphatic rings. The zero-order chi connectivity index (χ0) is 20.1. The first-order valence-corrected chi connectivity index (χ1v) is 8.78. The summed E-state index contributed by atoms with van der Waals surface area (Å²) >= 11 is 0. The van der Waals surface area contributed by atoms with E-state index in [1.807, 2.05) is 13.8 Å². The van der Waals surface area contributed by atoms with Crippen molar-refractivity contribution in [2.45, 2.75) is 26.4 Å². The lowest BCUT2D eigenvalue weighted by Crippen LogP contribution is -2.31. The van der Waals surface area contributed by atoms with Crippen molar-refractivity contribution in [1.29, 1.82) is 0 Å². The summed E-state index contributed by atoms with van der Waals surface area (Å²) in [5.41, 5.74) is 1.66. The van der Waals surface area contributed by atoms with Crippen molar-refractivity contribution in [3.63, 3.8) is 0 Å². The predicted octanol–water partition coefficient (Wildman–Crippen LogP) is 2.47. The van der Waals surface area contributed by atoms with Crippen LogP contribution in [0.25, 0.3) is 5.69 Å². The quantitative estimate of drug-likeness (QED) is 0.687. The highest BCUT2D eigenvalue weighted by Crippen LogP contribution is 2.10. The molecule has 144 valence electrons. The molecule has 0 fully saturated rings. The summed E-state index contributed by atoms with van der Waals surface area (Å²) in [7, 11) is 0. The predicted molar refractivity (Wildman–Crippen MR) is 102 cm³/mol. The van der Waals surface area contributed by atoms with E-state index >= 15 is 0 Å². The number of aromatic nitrogens is 3. The number of amides is 2. The number of hydrogen-bond acceptors (Lipinski definition) is 4. The Morgan fingerprint density at radius 1 is 1.11 bits per heavy atom. The van der Waals surface area contributed by atoms with Crippen LogP contribution in [-0.4, -0.2) is 32.6 Å². The highest BCUT2D eigenvalue weighted by molar-refractivity contribution is 5.96. The summed E-state index contributed by atoms with van der Waals surface area (Å²) in [6.45, 7) is 3.91. The fraction of sp³-hybridized carbons (Fsp3) is 0.200. The molecule has 0 aliphatic heterocycles. The standard InChI is InChI=1S/C20H20FN5O2/c1-13(2)24-20(28)18-8-4-7-17(25-18)19(27)22-10-14-11-23-26(12-14)16-6-3-5-15(21)9-16/h3-9,11-13H,10H2,1-2H3,(H,22,27)(H,24,28). The minimum Gasteiger partial charge on any atom is -0.349 e. The van der Waals surface area contributed by atoms with Crippen LogP contribution < -0.4 is 10.6 Å². The third-order valence-electron chi connectivity index (χ3n) is 3.80. The second-order valence-corrected chi connectivity index (χ2v) is 6.49. The fourth-order valence-electron chi connectivity index (χ4n) is 2.51. The first-order valence-electron chi connectivity index (χ1n) is 8.78. The Bertz CT molecular complexity index is 1000. The number of rotatable bonds is 6. The summed E-state index contributed by atoms with van der Waals surface area (Å²) in [6.07, 6.45) is 3.29. The zero-order valence-electron chi connectivity index (χ0n) is 15.5. The van der Waals surface area contributed by atoms with Gasteiger partial charge in [-0.1, -0.05) is 12.1 Å². The van der Waals surface area contributed by atoms with E-state index in [0.29, 0.717) is 5.69 Å². The van der Waals surface area contributed by atoms with E-state index in [1.165, 1.54) is 22.9 Å². The van der Waals surface area contributed by atoms with Crippen LogP contribution in [-0.2, 0) is 6.54 Å². The van der Waals surface area contributed by atoms with Gasteiger partial charge in [0.15, 0.2) is 0 Å². The van der Waals surface area contributed by atoms with Gasteiger partial charge in [0.25, 0.3) is 11.8 Å². The Morgan fingerprint density at radius 3 is 2.54 bits per heavy atom. The van der Waals surface area contributed by atoms with Gasteiger partial charge in [-0.3, -0.25) is 9.59 Å². The Morgan fingerprint density at radius 2 is 1.82 bits per heavy atom. The van der Waals surface area contributed by atoms with Gasteiger partial charge in [0.2, 0.25) is 0 Å². The second kappa shape index (κ2) is 8.43. The van der Waals surface area contributed by atoms with Gasteiger partial charge in [-0.2, -0.15) is 5.10 Å². The van der Waals surface area contributed by atoms with Crippen molar-refractivity contribution in [2.24, 2.45) is 0 Å². The highest BCUT2D eigenvalue weighted by atomic mass is 19.1. The molecule has 2 N–H and O–H groups in total. The average molecular weight is 381 g/mol. The SMILES string of the molecule is CC(C)NC(=O)c1cccc(C(=O)NCc2cnn(-c3cccc(F)c3)c2)n1. The monoisotopic (exact) mass is 381 g/mol. The normalized spacial score (nSPS) is 10.7. The van der Waals surface area contributed by atoms with Crippen LogP contribution in [0.3, 0.4) is 0 Å². The molecule has 0 radical (unpaired) electrons. The number of carbonyl (C=O) groups excluding carboxylic acids is 2. The molecule has 0 bridgehead atoms. The van der Waals surface area contributed by atoms with E-state index in [9.17, 15) is 14.0 Å². The number of nitrogens with one attached hydrogen (secondary N) is 2. The molecule has 8 heteroatoms. The Kier molecular flexibility index (Phi) is 5.78. The minimum atomic E-state index is -0.405. The van der Waals surface area contributed by atoms with Gasteiger partial charge >= 0.3 is 0 Å². The van der Waals surface area contributed by atoms with E-state index < -0.39 is 5.91 Å². The van der Waals surface area contributed by atoms with E-state index in [4.69, 9.17) is 0 Å². The van der Waals surface area contributed by atoms with Gasteiger partial charge in [-0.15, -0.1) is 0 Å². The van der Waals surface area contributed by atoms with E-state index in [2.05, 4.69) is 20.7 Å². The lowest BCUT2D eigenvalue weighted by molar-refractivity contribution is 0.0936. The molecule has 7 nitrogen and oxygen atoms in total. The summed E-state index contributed by atoms with van der Waals surface area (Å²) in [5, 5.41) is 9.65. The van der Waals surface area contributed by atoms with Gasteiger partial charge in [-0.05, 0) is 44.2 Å². The number of pyridine rings is 1. The largest absolute Gasteiger partial charge is 0.349 e. The fourth-order valence-corrected chi connectivity index (χ4v) is 2.51. The molecule has 0 aliphatic carbocycles. The smallest absolute Gasteiger partial charge is 0.270 e. The number of halogens is 1. The molecule has 2 heterocycles. The van der Waals surface area contributed by atoms with Crippen LogP contribution in [0.1, 0.15) is 40.4 Å². The van der Waals surface area contributed by atoms with Crippen LogP contribution in [0.5, 0.6) is 0 Å².